The summed E-state index contributed by atoms with van der Waals surface area (Å²) in [7, 11) is 0. The fourth-order valence-corrected chi connectivity index (χ4v) is 2.97. The lowest BCUT2D eigenvalue weighted by atomic mass is 9.78. The number of nitrogens with zero attached hydrogens (tertiary/aromatic N) is 1. The van der Waals surface area contributed by atoms with Crippen LogP contribution in [0.15, 0.2) is 42.5 Å². The molecule has 0 aliphatic heterocycles. The van der Waals surface area contributed by atoms with Crippen molar-refractivity contribution in [2.75, 3.05) is 0 Å². The Balaban J connectivity index is 1.90. The van der Waals surface area contributed by atoms with Crippen LogP contribution in [0.5, 0.6) is 0 Å². The Morgan fingerprint density at radius 1 is 0.967 bits per heavy atom. The molecular formula is C20H13F8NO. The molecule has 0 radical (unpaired) electrons. The standard InChI is InChI=1S/C20H13F8NO/c21-18(22)9-12(10-18)17(30)5-4-15-2-1-3-16(29-15)11-6-13(19(23,24)25)8-14(7-11)20(26,27)28/h1-8,12H,9-10H2/b5-4+. The van der Waals surface area contributed by atoms with Gasteiger partial charge in [0.05, 0.1) is 22.5 Å². The van der Waals surface area contributed by atoms with Crippen molar-refractivity contribution >= 4 is 11.9 Å². The third-order valence-electron chi connectivity index (χ3n) is 4.56. The van der Waals surface area contributed by atoms with Crippen LogP contribution in [0.25, 0.3) is 17.3 Å². The number of hydrogen-bond donors (Lipinski definition) is 0. The molecule has 2 nitrogen and oxygen atoms in total. The predicted molar refractivity (Wildman–Crippen MR) is 91.4 cm³/mol. The molecular weight excluding hydrogens is 422 g/mol. The largest absolute Gasteiger partial charge is 0.416 e. The van der Waals surface area contributed by atoms with Crippen LogP contribution < -0.4 is 0 Å². The summed E-state index contributed by atoms with van der Waals surface area (Å²) in [6, 6.07) is 5.05. The van der Waals surface area contributed by atoms with Crippen LogP contribution in [0.4, 0.5) is 35.1 Å². The molecule has 0 amide bonds. The zero-order valence-corrected chi connectivity index (χ0v) is 15.0. The van der Waals surface area contributed by atoms with Gasteiger partial charge < -0.3 is 0 Å². The molecule has 0 atom stereocenters. The van der Waals surface area contributed by atoms with Crippen LogP contribution in [-0.2, 0) is 17.1 Å². The third kappa shape index (κ3) is 5.03. The van der Waals surface area contributed by atoms with E-state index < -0.39 is 59.5 Å². The highest BCUT2D eigenvalue weighted by molar-refractivity contribution is 5.95. The van der Waals surface area contributed by atoms with Crippen molar-refractivity contribution in [3.63, 3.8) is 0 Å². The fourth-order valence-electron chi connectivity index (χ4n) is 2.97. The molecule has 160 valence electrons. The molecule has 1 fully saturated rings. The molecule has 0 bridgehead atoms. The lowest BCUT2D eigenvalue weighted by Crippen LogP contribution is -2.39. The van der Waals surface area contributed by atoms with Gasteiger partial charge in [-0.05, 0) is 42.5 Å². The minimum absolute atomic E-state index is 0.0142. The van der Waals surface area contributed by atoms with Gasteiger partial charge in [-0.2, -0.15) is 26.3 Å². The number of carbonyl (C=O) groups is 1. The SMILES string of the molecule is O=C(/C=C/c1cccc(-c2cc(C(F)(F)F)cc(C(F)(F)F)c2)n1)C1CC(F)(F)C1. The fraction of sp³-hybridized carbons (Fsp3) is 0.300. The maximum Gasteiger partial charge on any atom is 0.416 e. The first kappa shape index (κ1) is 21.9. The highest BCUT2D eigenvalue weighted by atomic mass is 19.4. The average molecular weight is 435 g/mol. The molecule has 0 saturated heterocycles. The van der Waals surface area contributed by atoms with Crippen molar-refractivity contribution in [2.45, 2.75) is 31.1 Å². The number of allylic oxidation sites excluding steroid dienone is 1. The Morgan fingerprint density at radius 3 is 2.03 bits per heavy atom. The first-order valence-corrected chi connectivity index (χ1v) is 8.61. The second-order valence-electron chi connectivity index (χ2n) is 6.94. The molecule has 1 saturated carbocycles. The van der Waals surface area contributed by atoms with Crippen LogP contribution >= 0.6 is 0 Å². The van der Waals surface area contributed by atoms with Gasteiger partial charge in [-0.3, -0.25) is 4.79 Å². The Kier molecular flexibility index (Phi) is 5.46. The van der Waals surface area contributed by atoms with E-state index in [2.05, 4.69) is 4.98 Å². The monoisotopic (exact) mass is 435 g/mol. The maximum atomic E-state index is 13.0. The second kappa shape index (κ2) is 7.48. The quantitative estimate of drug-likeness (QED) is 0.410. The summed E-state index contributed by atoms with van der Waals surface area (Å²) in [6.45, 7) is 0. The van der Waals surface area contributed by atoms with E-state index in [1.54, 1.807) is 0 Å². The minimum atomic E-state index is -5.00. The molecule has 30 heavy (non-hydrogen) atoms. The number of benzene rings is 1. The summed E-state index contributed by atoms with van der Waals surface area (Å²) in [4.78, 5) is 15.8. The molecule has 10 heteroatoms. The number of alkyl halides is 8. The Morgan fingerprint density at radius 2 is 1.53 bits per heavy atom. The summed E-state index contributed by atoms with van der Waals surface area (Å²) >= 11 is 0. The summed E-state index contributed by atoms with van der Waals surface area (Å²) in [6.07, 6.45) is -8.91. The zero-order valence-electron chi connectivity index (χ0n) is 15.0. The molecule has 0 unspecified atom stereocenters. The summed E-state index contributed by atoms with van der Waals surface area (Å²) in [5.74, 6) is -4.24. The molecule has 1 aromatic heterocycles. The van der Waals surface area contributed by atoms with E-state index in [4.69, 9.17) is 0 Å². The number of halogens is 8. The number of carbonyl (C=O) groups excluding carboxylic acids is 1. The number of aromatic nitrogens is 1. The molecule has 3 rings (SSSR count). The van der Waals surface area contributed by atoms with Crippen molar-refractivity contribution in [1.29, 1.82) is 0 Å². The summed E-state index contributed by atoms with van der Waals surface area (Å²) in [5.41, 5.74) is -3.45. The van der Waals surface area contributed by atoms with Crippen LogP contribution in [0, 0.1) is 5.92 Å². The first-order chi connectivity index (χ1) is 13.7. The smallest absolute Gasteiger partial charge is 0.295 e. The third-order valence-corrected chi connectivity index (χ3v) is 4.56. The van der Waals surface area contributed by atoms with Gasteiger partial charge in [-0.1, -0.05) is 6.07 Å². The highest BCUT2D eigenvalue weighted by Crippen LogP contribution is 2.43. The topological polar surface area (TPSA) is 30.0 Å². The molecule has 0 N–H and O–H groups in total. The minimum Gasteiger partial charge on any atom is -0.295 e. The van der Waals surface area contributed by atoms with Gasteiger partial charge in [0.1, 0.15) is 0 Å². The molecule has 1 heterocycles. The Labute approximate surface area is 165 Å². The van der Waals surface area contributed by atoms with Crippen LogP contribution in [0.3, 0.4) is 0 Å². The van der Waals surface area contributed by atoms with Gasteiger partial charge in [0.2, 0.25) is 5.92 Å². The molecule has 0 spiro atoms. The van der Waals surface area contributed by atoms with Gasteiger partial charge in [0.15, 0.2) is 5.78 Å². The van der Waals surface area contributed by atoms with E-state index in [1.807, 2.05) is 0 Å². The van der Waals surface area contributed by atoms with E-state index in [9.17, 15) is 39.9 Å². The second-order valence-corrected chi connectivity index (χ2v) is 6.94. The zero-order chi connectivity index (χ0) is 22.3. The van der Waals surface area contributed by atoms with Crippen LogP contribution in [-0.4, -0.2) is 16.7 Å². The lowest BCUT2D eigenvalue weighted by molar-refractivity contribution is -0.143. The van der Waals surface area contributed by atoms with Crippen LogP contribution in [0.1, 0.15) is 29.7 Å². The van der Waals surface area contributed by atoms with Crippen molar-refractivity contribution in [2.24, 2.45) is 5.92 Å². The van der Waals surface area contributed by atoms with Crippen molar-refractivity contribution in [3.8, 4) is 11.3 Å². The predicted octanol–water partition coefficient (Wildman–Crippen LogP) is 6.41. The van der Waals surface area contributed by atoms with Crippen molar-refractivity contribution < 1.29 is 39.9 Å². The average Bonchev–Trinajstić information content (AvgIpc) is 2.62. The number of rotatable bonds is 4. The van der Waals surface area contributed by atoms with Gasteiger partial charge in [0.25, 0.3) is 0 Å². The van der Waals surface area contributed by atoms with E-state index in [0.717, 1.165) is 6.08 Å². The normalized spacial score (nSPS) is 17.2. The molecule has 1 aromatic carbocycles. The summed E-state index contributed by atoms with van der Waals surface area (Å²) < 4.78 is 104. The van der Waals surface area contributed by atoms with Gasteiger partial charge >= 0.3 is 12.4 Å². The number of ketones is 1. The molecule has 1 aliphatic carbocycles. The Bertz CT molecular complexity index is 951. The van der Waals surface area contributed by atoms with E-state index in [-0.39, 0.29) is 17.5 Å². The highest BCUT2D eigenvalue weighted by Gasteiger charge is 2.47. The van der Waals surface area contributed by atoms with Crippen molar-refractivity contribution in [3.05, 3.63) is 59.3 Å². The molecule has 1 aliphatic rings. The Hall–Kier alpha value is -2.78. The van der Waals surface area contributed by atoms with Gasteiger partial charge in [-0.25, -0.2) is 13.8 Å². The molecule has 2 aromatic rings. The van der Waals surface area contributed by atoms with Gasteiger partial charge in [0, 0.05) is 24.3 Å². The van der Waals surface area contributed by atoms with Crippen LogP contribution in [0.2, 0.25) is 0 Å². The van der Waals surface area contributed by atoms with Crippen molar-refractivity contribution in [1.82, 2.24) is 4.98 Å². The number of hydrogen-bond acceptors (Lipinski definition) is 2. The van der Waals surface area contributed by atoms with Gasteiger partial charge in [-0.15, -0.1) is 0 Å². The first-order valence-electron chi connectivity index (χ1n) is 8.61. The van der Waals surface area contributed by atoms with E-state index in [0.29, 0.717) is 12.1 Å². The van der Waals surface area contributed by atoms with E-state index >= 15 is 0 Å². The summed E-state index contributed by atoms with van der Waals surface area (Å²) in [5, 5.41) is 0. The lowest BCUT2D eigenvalue weighted by Gasteiger charge is -2.32. The van der Waals surface area contributed by atoms with E-state index in [1.165, 1.54) is 24.3 Å². The maximum absolute atomic E-state index is 13.0. The number of pyridine rings is 1.